The fraction of sp³-hybridized carbons (Fsp3) is 0.529. The van der Waals surface area contributed by atoms with Crippen LogP contribution in [0.25, 0.3) is 0 Å². The van der Waals surface area contributed by atoms with Gasteiger partial charge in [-0.15, -0.1) is 0 Å². The topological polar surface area (TPSA) is 89.5 Å². The Labute approximate surface area is 145 Å². The molecule has 1 aliphatic heterocycles. The minimum Gasteiger partial charge on any atom is -0.493 e. The van der Waals surface area contributed by atoms with Crippen LogP contribution in [0.3, 0.4) is 0 Å². The number of rotatable bonds is 6. The van der Waals surface area contributed by atoms with Gasteiger partial charge in [0, 0.05) is 0 Å². The Balaban J connectivity index is 2.48. The van der Waals surface area contributed by atoms with E-state index in [2.05, 4.69) is 0 Å². The first-order chi connectivity index (χ1) is 12.0. The average molecular weight is 354 g/mol. The number of ether oxygens (including phenoxy) is 6. The van der Waals surface area contributed by atoms with Gasteiger partial charge in [0.2, 0.25) is 5.75 Å². The summed E-state index contributed by atoms with van der Waals surface area (Å²) in [5.41, 5.74) is 0.608. The Kier molecular flexibility index (Phi) is 6.08. The second-order valence-electron chi connectivity index (χ2n) is 5.39. The van der Waals surface area contributed by atoms with Crippen molar-refractivity contribution in [3.63, 3.8) is 0 Å². The smallest absolute Gasteiger partial charge is 0.312 e. The highest BCUT2D eigenvalue weighted by Gasteiger charge is 2.48. The van der Waals surface area contributed by atoms with E-state index in [1.807, 2.05) is 0 Å². The van der Waals surface area contributed by atoms with E-state index in [9.17, 15) is 9.59 Å². The van der Waals surface area contributed by atoms with Crippen molar-refractivity contribution in [3.8, 4) is 17.2 Å². The number of esters is 2. The number of benzene rings is 1. The van der Waals surface area contributed by atoms with Crippen LogP contribution in [-0.4, -0.2) is 54.1 Å². The van der Waals surface area contributed by atoms with Gasteiger partial charge in [0.1, 0.15) is 5.92 Å². The third-order valence-electron chi connectivity index (χ3n) is 4.21. The van der Waals surface area contributed by atoms with Crippen LogP contribution in [0.1, 0.15) is 11.7 Å². The molecule has 8 heteroatoms. The Bertz CT molecular complexity index is 617. The largest absolute Gasteiger partial charge is 0.493 e. The summed E-state index contributed by atoms with van der Waals surface area (Å²) >= 11 is 0. The lowest BCUT2D eigenvalue weighted by molar-refractivity contribution is -0.156. The van der Waals surface area contributed by atoms with E-state index in [1.54, 1.807) is 12.1 Å². The zero-order chi connectivity index (χ0) is 18.6. The summed E-state index contributed by atoms with van der Waals surface area (Å²) in [5, 5.41) is 0. The van der Waals surface area contributed by atoms with Crippen LogP contribution in [0.4, 0.5) is 0 Å². The Morgan fingerprint density at radius 3 is 1.92 bits per heavy atom. The van der Waals surface area contributed by atoms with Crippen molar-refractivity contribution in [2.24, 2.45) is 11.8 Å². The molecule has 0 aromatic heterocycles. The molecule has 25 heavy (non-hydrogen) atoms. The van der Waals surface area contributed by atoms with Crippen molar-refractivity contribution in [2.45, 2.75) is 6.10 Å². The molecule has 138 valence electrons. The van der Waals surface area contributed by atoms with Crippen molar-refractivity contribution >= 4 is 11.9 Å². The molecule has 0 spiro atoms. The van der Waals surface area contributed by atoms with E-state index in [4.69, 9.17) is 28.4 Å². The predicted octanol–water partition coefficient (Wildman–Crippen LogP) is 1.36. The van der Waals surface area contributed by atoms with E-state index in [0.717, 1.165) is 0 Å². The molecule has 0 radical (unpaired) electrons. The summed E-state index contributed by atoms with van der Waals surface area (Å²) in [7, 11) is 7.01. The van der Waals surface area contributed by atoms with Crippen molar-refractivity contribution in [3.05, 3.63) is 17.7 Å². The minimum absolute atomic E-state index is 0.0494. The maximum absolute atomic E-state index is 12.3. The molecular formula is C17H22O8. The molecule has 0 aliphatic carbocycles. The highest BCUT2D eigenvalue weighted by molar-refractivity contribution is 5.83. The molecule has 1 heterocycles. The van der Waals surface area contributed by atoms with E-state index < -0.39 is 29.9 Å². The van der Waals surface area contributed by atoms with Crippen molar-refractivity contribution < 1.29 is 38.0 Å². The average Bonchev–Trinajstić information content (AvgIpc) is 3.10. The Morgan fingerprint density at radius 1 is 0.920 bits per heavy atom. The van der Waals surface area contributed by atoms with Crippen molar-refractivity contribution in [2.75, 3.05) is 42.2 Å². The first-order valence-corrected chi connectivity index (χ1v) is 7.59. The summed E-state index contributed by atoms with van der Waals surface area (Å²) in [6, 6.07) is 3.36. The van der Waals surface area contributed by atoms with Gasteiger partial charge in [-0.1, -0.05) is 0 Å². The van der Waals surface area contributed by atoms with Gasteiger partial charge in [-0.25, -0.2) is 0 Å². The predicted molar refractivity (Wildman–Crippen MR) is 85.8 cm³/mol. The molecule has 1 aromatic rings. The second-order valence-corrected chi connectivity index (χ2v) is 5.39. The number of hydrogen-bond acceptors (Lipinski definition) is 8. The molecule has 8 nitrogen and oxygen atoms in total. The number of carbonyl (C=O) groups is 2. The van der Waals surface area contributed by atoms with Crippen LogP contribution >= 0.6 is 0 Å². The van der Waals surface area contributed by atoms with E-state index in [0.29, 0.717) is 22.8 Å². The monoisotopic (exact) mass is 354 g/mol. The lowest BCUT2D eigenvalue weighted by Gasteiger charge is -2.21. The Hall–Kier alpha value is -2.48. The summed E-state index contributed by atoms with van der Waals surface area (Å²) in [5.74, 6) is -1.39. The Morgan fingerprint density at radius 2 is 1.48 bits per heavy atom. The third kappa shape index (κ3) is 3.48. The van der Waals surface area contributed by atoms with E-state index >= 15 is 0 Å². The van der Waals surface area contributed by atoms with Crippen LogP contribution in [0.5, 0.6) is 17.2 Å². The normalized spacial score (nSPS) is 22.2. The molecule has 1 aromatic carbocycles. The molecule has 3 atom stereocenters. The molecule has 0 unspecified atom stereocenters. The van der Waals surface area contributed by atoms with Crippen LogP contribution in [0.2, 0.25) is 0 Å². The zero-order valence-corrected chi connectivity index (χ0v) is 14.9. The second kappa shape index (κ2) is 8.06. The quantitative estimate of drug-likeness (QED) is 0.708. The van der Waals surface area contributed by atoms with E-state index in [1.165, 1.54) is 35.5 Å². The molecule has 0 N–H and O–H groups in total. The molecule has 2 rings (SSSR count). The lowest BCUT2D eigenvalue weighted by atomic mass is 9.87. The number of hydrogen-bond donors (Lipinski definition) is 0. The summed E-state index contributed by atoms with van der Waals surface area (Å²) in [6.45, 7) is 0.0494. The highest BCUT2D eigenvalue weighted by atomic mass is 16.6. The molecule has 0 amide bonds. The number of carbonyl (C=O) groups excluding carboxylic acids is 2. The first kappa shape index (κ1) is 18.9. The molecule has 1 aliphatic rings. The fourth-order valence-corrected chi connectivity index (χ4v) is 2.98. The maximum Gasteiger partial charge on any atom is 0.312 e. The zero-order valence-electron chi connectivity index (χ0n) is 14.9. The third-order valence-corrected chi connectivity index (χ3v) is 4.21. The molecule has 1 fully saturated rings. The van der Waals surface area contributed by atoms with Crippen LogP contribution in [-0.2, 0) is 23.8 Å². The van der Waals surface area contributed by atoms with Gasteiger partial charge in [-0.2, -0.15) is 0 Å². The standard InChI is InChI=1S/C17H22O8/c1-20-11-6-9(7-12(21-2)15(11)22-3)14-13(17(19)24-5)10(8-25-14)16(18)23-4/h6-7,10,13-14H,8H2,1-5H3/t10-,13-,14-/m0/s1. The van der Waals surface area contributed by atoms with Crippen LogP contribution in [0, 0.1) is 11.8 Å². The highest BCUT2D eigenvalue weighted by Crippen LogP contribution is 2.45. The van der Waals surface area contributed by atoms with E-state index in [-0.39, 0.29) is 6.61 Å². The van der Waals surface area contributed by atoms with Gasteiger partial charge in [0.15, 0.2) is 11.5 Å². The molecule has 0 bridgehead atoms. The molecule has 1 saturated heterocycles. The fourth-order valence-electron chi connectivity index (χ4n) is 2.98. The van der Waals surface area contributed by atoms with Crippen molar-refractivity contribution in [1.82, 2.24) is 0 Å². The maximum atomic E-state index is 12.3. The minimum atomic E-state index is -0.833. The van der Waals surface area contributed by atoms with Gasteiger partial charge in [0.05, 0.1) is 54.2 Å². The van der Waals surface area contributed by atoms with Crippen LogP contribution in [0.15, 0.2) is 12.1 Å². The number of methoxy groups -OCH3 is 5. The van der Waals surface area contributed by atoms with Gasteiger partial charge in [0.25, 0.3) is 0 Å². The lowest BCUT2D eigenvalue weighted by Crippen LogP contribution is -2.31. The summed E-state index contributed by atoms with van der Waals surface area (Å²) < 4.78 is 31.3. The van der Waals surface area contributed by atoms with Gasteiger partial charge in [-0.3, -0.25) is 9.59 Å². The first-order valence-electron chi connectivity index (χ1n) is 7.59. The molecule has 0 saturated carbocycles. The van der Waals surface area contributed by atoms with Crippen molar-refractivity contribution in [1.29, 1.82) is 0 Å². The summed E-state index contributed by atoms with van der Waals surface area (Å²) in [6.07, 6.45) is -0.703. The van der Waals surface area contributed by atoms with Gasteiger partial charge >= 0.3 is 11.9 Å². The van der Waals surface area contributed by atoms with Gasteiger partial charge in [-0.05, 0) is 17.7 Å². The van der Waals surface area contributed by atoms with Gasteiger partial charge < -0.3 is 28.4 Å². The molecular weight excluding hydrogens is 332 g/mol. The van der Waals surface area contributed by atoms with Crippen LogP contribution < -0.4 is 14.2 Å². The summed E-state index contributed by atoms with van der Waals surface area (Å²) in [4.78, 5) is 24.3. The SMILES string of the molecule is COC(=O)[C@H]1[C@@H](C(=O)OC)CO[C@H]1c1cc(OC)c(OC)c(OC)c1.